The van der Waals surface area contributed by atoms with Crippen LogP contribution in [0.5, 0.6) is 5.75 Å². The summed E-state index contributed by atoms with van der Waals surface area (Å²) in [5, 5.41) is 0.386. The third kappa shape index (κ3) is 4.90. The lowest BCUT2D eigenvalue weighted by atomic mass is 9.98. The van der Waals surface area contributed by atoms with Gasteiger partial charge in [0.2, 0.25) is 15.9 Å². The molecule has 2 N–H and O–H groups in total. The molecule has 1 fully saturated rings. The van der Waals surface area contributed by atoms with Gasteiger partial charge in [-0.25, -0.2) is 8.42 Å². The molecular formula is C18H27ClN2O4S. The van der Waals surface area contributed by atoms with E-state index in [1.165, 1.54) is 10.4 Å². The predicted molar refractivity (Wildman–Crippen MR) is 102 cm³/mol. The molecule has 0 atom stereocenters. The van der Waals surface area contributed by atoms with Gasteiger partial charge in [-0.15, -0.1) is 0 Å². The minimum absolute atomic E-state index is 0.0853. The highest BCUT2D eigenvalue weighted by atomic mass is 35.5. The van der Waals surface area contributed by atoms with E-state index >= 15 is 0 Å². The third-order valence-corrected chi connectivity index (χ3v) is 7.03. The van der Waals surface area contributed by atoms with Gasteiger partial charge in [0.25, 0.3) is 0 Å². The van der Waals surface area contributed by atoms with Gasteiger partial charge in [-0.1, -0.05) is 31.4 Å². The molecular weight excluding hydrogens is 376 g/mol. The minimum atomic E-state index is -3.75. The zero-order valence-electron chi connectivity index (χ0n) is 15.3. The summed E-state index contributed by atoms with van der Waals surface area (Å²) < 4.78 is 33.4. The van der Waals surface area contributed by atoms with E-state index in [0.29, 0.717) is 30.2 Å². The van der Waals surface area contributed by atoms with Crippen molar-refractivity contribution in [1.29, 1.82) is 0 Å². The molecule has 0 aliphatic carbocycles. The number of primary amides is 1. The number of sulfonamides is 1. The maximum atomic E-state index is 13.1. The first-order chi connectivity index (χ1) is 12.3. The van der Waals surface area contributed by atoms with Gasteiger partial charge in [-0.05, 0) is 43.9 Å². The first kappa shape index (κ1) is 21.0. The number of carbonyl (C=O) groups is 1. The van der Waals surface area contributed by atoms with Crippen molar-refractivity contribution in [3.63, 3.8) is 0 Å². The van der Waals surface area contributed by atoms with Crippen LogP contribution in [0.2, 0.25) is 5.02 Å². The van der Waals surface area contributed by atoms with Gasteiger partial charge in [0, 0.05) is 24.0 Å². The summed E-state index contributed by atoms with van der Waals surface area (Å²) in [5.74, 6) is -0.312. The second-order valence-corrected chi connectivity index (χ2v) is 9.00. The van der Waals surface area contributed by atoms with Crippen LogP contribution in [-0.2, 0) is 14.8 Å². The number of nitrogens with zero attached hydrogens (tertiary/aromatic N) is 1. The van der Waals surface area contributed by atoms with Gasteiger partial charge in [0.15, 0.2) is 0 Å². The summed E-state index contributed by atoms with van der Waals surface area (Å²) in [4.78, 5) is 11.4. The number of ether oxygens (including phenoxy) is 1. The molecule has 26 heavy (non-hydrogen) atoms. The van der Waals surface area contributed by atoms with Crippen LogP contribution < -0.4 is 10.5 Å². The number of carbonyl (C=O) groups excluding carboxylic acids is 1. The average Bonchev–Trinajstić information content (AvgIpc) is 2.61. The monoisotopic (exact) mass is 402 g/mol. The Morgan fingerprint density at radius 2 is 1.96 bits per heavy atom. The van der Waals surface area contributed by atoms with E-state index in [4.69, 9.17) is 22.1 Å². The zero-order chi connectivity index (χ0) is 19.3. The van der Waals surface area contributed by atoms with Crippen molar-refractivity contribution in [3.05, 3.63) is 22.7 Å². The third-order valence-electron chi connectivity index (χ3n) is 4.70. The molecule has 0 bridgehead atoms. The van der Waals surface area contributed by atoms with Crippen molar-refractivity contribution in [2.75, 3.05) is 19.7 Å². The molecule has 1 saturated heterocycles. The van der Waals surface area contributed by atoms with Crippen molar-refractivity contribution in [2.24, 2.45) is 11.7 Å². The van der Waals surface area contributed by atoms with E-state index in [9.17, 15) is 13.2 Å². The van der Waals surface area contributed by atoms with Crippen LogP contribution in [0.1, 0.15) is 44.6 Å². The molecule has 0 unspecified atom stereocenters. The second-order valence-electron chi connectivity index (χ2n) is 6.68. The Bertz CT molecular complexity index is 744. The summed E-state index contributed by atoms with van der Waals surface area (Å²) in [5.41, 5.74) is 6.10. The fourth-order valence-electron chi connectivity index (χ4n) is 3.01. The lowest BCUT2D eigenvalue weighted by Crippen LogP contribution is -2.41. The maximum absolute atomic E-state index is 13.1. The Kier molecular flexibility index (Phi) is 7.32. The summed E-state index contributed by atoms with van der Waals surface area (Å²) in [7, 11) is -3.75. The van der Waals surface area contributed by atoms with E-state index in [1.807, 2.05) is 6.92 Å². The normalized spacial score (nSPS) is 16.6. The van der Waals surface area contributed by atoms with Crippen molar-refractivity contribution in [1.82, 2.24) is 4.31 Å². The van der Waals surface area contributed by atoms with Crippen molar-refractivity contribution < 1.29 is 17.9 Å². The van der Waals surface area contributed by atoms with Gasteiger partial charge in [0.05, 0.1) is 6.61 Å². The predicted octanol–water partition coefficient (Wildman–Crippen LogP) is 3.10. The van der Waals surface area contributed by atoms with Crippen molar-refractivity contribution >= 4 is 27.5 Å². The van der Waals surface area contributed by atoms with E-state index in [-0.39, 0.29) is 29.8 Å². The number of benzene rings is 1. The molecule has 8 heteroatoms. The van der Waals surface area contributed by atoms with Crippen molar-refractivity contribution in [2.45, 2.75) is 50.8 Å². The Balaban J connectivity index is 2.24. The summed E-state index contributed by atoms with van der Waals surface area (Å²) >= 11 is 6.18. The Morgan fingerprint density at radius 1 is 1.31 bits per heavy atom. The molecule has 2 rings (SSSR count). The lowest BCUT2D eigenvalue weighted by Gasteiger charge is -2.30. The fourth-order valence-corrected chi connectivity index (χ4v) is 4.84. The quantitative estimate of drug-likeness (QED) is 0.676. The molecule has 0 saturated carbocycles. The number of hydrogen-bond acceptors (Lipinski definition) is 4. The summed E-state index contributed by atoms with van der Waals surface area (Å²) in [6.45, 7) is 4.89. The molecule has 1 heterocycles. The topological polar surface area (TPSA) is 89.7 Å². The smallest absolute Gasteiger partial charge is 0.246 e. The van der Waals surface area contributed by atoms with Crippen LogP contribution in [0.25, 0.3) is 0 Å². The number of halogens is 1. The number of aryl methyl sites for hydroxylation is 1. The lowest BCUT2D eigenvalue weighted by molar-refractivity contribution is -0.122. The standard InChI is InChI=1S/C18H27ClN2O4S/c1-3-4-5-10-25-16-11-13(2)15(19)12-17(16)26(23,24)21-8-6-14(7-9-21)18(20)22/h11-12,14H,3-10H2,1-2H3,(H2,20,22). The van der Waals surface area contributed by atoms with Crippen LogP contribution in [0.3, 0.4) is 0 Å². The Morgan fingerprint density at radius 3 is 2.54 bits per heavy atom. The highest BCUT2D eigenvalue weighted by Crippen LogP contribution is 2.34. The second kappa shape index (κ2) is 9.06. The van der Waals surface area contributed by atoms with E-state index < -0.39 is 10.0 Å². The number of rotatable bonds is 8. The minimum Gasteiger partial charge on any atom is -0.492 e. The SMILES string of the molecule is CCCCCOc1cc(C)c(Cl)cc1S(=O)(=O)N1CCC(C(N)=O)CC1. The first-order valence-electron chi connectivity index (χ1n) is 8.99. The largest absolute Gasteiger partial charge is 0.492 e. The maximum Gasteiger partial charge on any atom is 0.246 e. The first-order valence-corrected chi connectivity index (χ1v) is 10.8. The van der Waals surface area contributed by atoms with Crippen LogP contribution in [0.4, 0.5) is 0 Å². The molecule has 0 spiro atoms. The number of piperidine rings is 1. The summed E-state index contributed by atoms with van der Waals surface area (Å²) in [6.07, 6.45) is 3.81. The highest BCUT2D eigenvalue weighted by molar-refractivity contribution is 7.89. The Labute approximate surface area is 160 Å². The molecule has 0 aromatic heterocycles. The molecule has 146 valence electrons. The molecule has 1 aromatic carbocycles. The van der Waals surface area contributed by atoms with E-state index in [1.54, 1.807) is 6.07 Å². The van der Waals surface area contributed by atoms with Crippen LogP contribution in [-0.4, -0.2) is 38.3 Å². The highest BCUT2D eigenvalue weighted by Gasteiger charge is 2.33. The van der Waals surface area contributed by atoms with Crippen molar-refractivity contribution in [3.8, 4) is 5.75 Å². The molecule has 1 aliphatic heterocycles. The molecule has 0 radical (unpaired) electrons. The van der Waals surface area contributed by atoms with Crippen LogP contribution in [0, 0.1) is 12.8 Å². The van der Waals surface area contributed by atoms with E-state index in [0.717, 1.165) is 24.8 Å². The van der Waals surface area contributed by atoms with Gasteiger partial charge in [0.1, 0.15) is 10.6 Å². The molecule has 1 amide bonds. The number of unbranched alkanes of at least 4 members (excludes halogenated alkanes) is 2. The summed E-state index contributed by atoms with van der Waals surface area (Å²) in [6, 6.07) is 3.14. The van der Waals surface area contributed by atoms with Gasteiger partial charge < -0.3 is 10.5 Å². The van der Waals surface area contributed by atoms with Crippen LogP contribution >= 0.6 is 11.6 Å². The molecule has 1 aliphatic rings. The number of nitrogens with two attached hydrogens (primary N) is 1. The Hall–Kier alpha value is -1.31. The number of amides is 1. The van der Waals surface area contributed by atoms with Gasteiger partial charge >= 0.3 is 0 Å². The zero-order valence-corrected chi connectivity index (χ0v) is 16.9. The molecule has 1 aromatic rings. The van der Waals surface area contributed by atoms with E-state index in [2.05, 4.69) is 6.92 Å². The van der Waals surface area contributed by atoms with Gasteiger partial charge in [-0.2, -0.15) is 4.31 Å². The molecule has 6 nitrogen and oxygen atoms in total. The average molecular weight is 403 g/mol. The van der Waals surface area contributed by atoms with Gasteiger partial charge in [-0.3, -0.25) is 4.79 Å². The number of hydrogen-bond donors (Lipinski definition) is 1. The van der Waals surface area contributed by atoms with Crippen LogP contribution in [0.15, 0.2) is 17.0 Å². The fraction of sp³-hybridized carbons (Fsp3) is 0.611.